The number of hydrogen-bond acceptors (Lipinski definition) is 2. The zero-order valence-electron chi connectivity index (χ0n) is 14.0. The summed E-state index contributed by atoms with van der Waals surface area (Å²) in [6.07, 6.45) is 8.23. The lowest BCUT2D eigenvalue weighted by atomic mass is 9.84. The van der Waals surface area contributed by atoms with E-state index in [0.29, 0.717) is 0 Å². The minimum Gasteiger partial charge on any atom is -0.383 e. The van der Waals surface area contributed by atoms with Crippen molar-refractivity contribution < 1.29 is 4.74 Å². The third-order valence-corrected chi connectivity index (χ3v) is 3.93. The summed E-state index contributed by atoms with van der Waals surface area (Å²) < 4.78 is 5.10. The summed E-state index contributed by atoms with van der Waals surface area (Å²) in [5, 5.41) is 3.55. The lowest BCUT2D eigenvalue weighted by molar-refractivity contribution is 0.195. The normalized spacial score (nSPS) is 14.8. The van der Waals surface area contributed by atoms with E-state index in [1.807, 2.05) is 0 Å². The monoisotopic (exact) mass is 271 g/mol. The number of methoxy groups -OCH3 is 1. The minimum absolute atomic E-state index is 0.804. The van der Waals surface area contributed by atoms with Crippen LogP contribution in [0.3, 0.4) is 0 Å². The fraction of sp³-hybridized carbons (Fsp3) is 1.00. The predicted octanol–water partition coefficient (Wildman–Crippen LogP) is 4.49. The molecule has 2 heteroatoms. The Bertz CT molecular complexity index is 182. The van der Waals surface area contributed by atoms with Gasteiger partial charge in [-0.2, -0.15) is 0 Å². The van der Waals surface area contributed by atoms with E-state index < -0.39 is 0 Å². The molecular weight excluding hydrogens is 234 g/mol. The number of nitrogens with one attached hydrogen (secondary N) is 1. The average molecular weight is 271 g/mol. The van der Waals surface area contributed by atoms with Gasteiger partial charge in [-0.3, -0.25) is 0 Å². The quantitative estimate of drug-likeness (QED) is 0.498. The zero-order valence-corrected chi connectivity index (χ0v) is 14.0. The third kappa shape index (κ3) is 11.4. The minimum atomic E-state index is 0.804. The molecule has 116 valence electrons. The molecule has 2 nitrogen and oxygen atoms in total. The number of hydrogen-bond donors (Lipinski definition) is 1. The van der Waals surface area contributed by atoms with Gasteiger partial charge in [0.1, 0.15) is 0 Å². The first-order chi connectivity index (χ1) is 9.13. The Morgan fingerprint density at radius 1 is 1.05 bits per heavy atom. The molecule has 0 aliphatic rings. The van der Waals surface area contributed by atoms with Crippen molar-refractivity contribution in [2.75, 3.05) is 26.8 Å². The smallest absolute Gasteiger partial charge is 0.0587 e. The van der Waals surface area contributed by atoms with Crippen molar-refractivity contribution in [3.05, 3.63) is 0 Å². The van der Waals surface area contributed by atoms with Crippen LogP contribution in [0.2, 0.25) is 0 Å². The van der Waals surface area contributed by atoms with Gasteiger partial charge in [-0.05, 0) is 37.1 Å². The highest BCUT2D eigenvalue weighted by Crippen LogP contribution is 2.25. The summed E-state index contributed by atoms with van der Waals surface area (Å²) in [5.74, 6) is 2.56. The average Bonchev–Trinajstić information content (AvgIpc) is 2.38. The molecule has 19 heavy (non-hydrogen) atoms. The van der Waals surface area contributed by atoms with Crippen LogP contribution >= 0.6 is 0 Å². The molecule has 0 aromatic heterocycles. The maximum Gasteiger partial charge on any atom is 0.0587 e. The van der Waals surface area contributed by atoms with Crippen LogP contribution in [-0.2, 0) is 4.74 Å². The molecule has 0 amide bonds. The maximum atomic E-state index is 5.10. The Balaban J connectivity index is 4.07. The van der Waals surface area contributed by atoms with Crippen molar-refractivity contribution in [1.29, 1.82) is 0 Å². The van der Waals surface area contributed by atoms with Crippen molar-refractivity contribution in [1.82, 2.24) is 5.32 Å². The molecule has 1 N–H and O–H groups in total. The number of unbranched alkanes of at least 4 members (excludes halogenated alkanes) is 1. The van der Waals surface area contributed by atoms with E-state index in [0.717, 1.165) is 37.5 Å². The molecule has 0 fully saturated rings. The van der Waals surface area contributed by atoms with Crippen LogP contribution < -0.4 is 5.32 Å². The van der Waals surface area contributed by atoms with Crippen molar-refractivity contribution in [3.8, 4) is 0 Å². The van der Waals surface area contributed by atoms with E-state index in [2.05, 4.69) is 33.0 Å². The van der Waals surface area contributed by atoms with Gasteiger partial charge in [-0.15, -0.1) is 0 Å². The van der Waals surface area contributed by atoms with Crippen molar-refractivity contribution in [2.45, 2.75) is 66.2 Å². The molecule has 0 aromatic carbocycles. The molecule has 0 radical (unpaired) electrons. The topological polar surface area (TPSA) is 21.3 Å². The lowest BCUT2D eigenvalue weighted by Crippen LogP contribution is -2.28. The van der Waals surface area contributed by atoms with Crippen LogP contribution in [0.4, 0.5) is 0 Å². The Labute approximate surface area is 121 Å². The van der Waals surface area contributed by atoms with E-state index in [-0.39, 0.29) is 0 Å². The van der Waals surface area contributed by atoms with Gasteiger partial charge in [0.2, 0.25) is 0 Å². The predicted molar refractivity (Wildman–Crippen MR) is 85.6 cm³/mol. The van der Waals surface area contributed by atoms with E-state index in [4.69, 9.17) is 4.74 Å². The van der Waals surface area contributed by atoms with Crippen molar-refractivity contribution in [2.24, 2.45) is 17.8 Å². The highest BCUT2D eigenvalue weighted by atomic mass is 16.5. The third-order valence-electron chi connectivity index (χ3n) is 3.93. The molecule has 0 bridgehead atoms. The number of rotatable bonds is 13. The highest BCUT2D eigenvalue weighted by Gasteiger charge is 2.16. The zero-order chi connectivity index (χ0) is 14.5. The summed E-state index contributed by atoms with van der Waals surface area (Å²) in [4.78, 5) is 0. The van der Waals surface area contributed by atoms with Crippen molar-refractivity contribution in [3.63, 3.8) is 0 Å². The Morgan fingerprint density at radius 2 is 1.79 bits per heavy atom. The van der Waals surface area contributed by atoms with Gasteiger partial charge in [0.15, 0.2) is 0 Å². The van der Waals surface area contributed by atoms with Crippen LogP contribution in [0.25, 0.3) is 0 Å². The molecule has 0 rings (SSSR count). The van der Waals surface area contributed by atoms with Gasteiger partial charge in [0.05, 0.1) is 6.61 Å². The fourth-order valence-corrected chi connectivity index (χ4v) is 2.86. The first-order valence-electron chi connectivity index (χ1n) is 8.33. The van der Waals surface area contributed by atoms with Gasteiger partial charge in [0, 0.05) is 13.7 Å². The second kappa shape index (κ2) is 12.9. The largest absolute Gasteiger partial charge is 0.383 e. The second-order valence-electron chi connectivity index (χ2n) is 6.34. The van der Waals surface area contributed by atoms with Crippen LogP contribution in [0.1, 0.15) is 66.2 Å². The number of ether oxygens (including phenoxy) is 1. The van der Waals surface area contributed by atoms with E-state index >= 15 is 0 Å². The van der Waals surface area contributed by atoms with E-state index in [1.165, 1.54) is 38.5 Å². The van der Waals surface area contributed by atoms with Crippen LogP contribution in [0.15, 0.2) is 0 Å². The van der Waals surface area contributed by atoms with Gasteiger partial charge >= 0.3 is 0 Å². The standard InChI is InChI=1S/C17H37NO/c1-6-8-9-16(7-2)13-17(12-15(3)4)14-18-10-11-19-5/h15-18H,6-14H2,1-5H3. The fourth-order valence-electron chi connectivity index (χ4n) is 2.86. The molecule has 0 saturated carbocycles. The first kappa shape index (κ1) is 18.9. The Hall–Kier alpha value is -0.0800. The second-order valence-corrected chi connectivity index (χ2v) is 6.34. The summed E-state index contributed by atoms with van der Waals surface area (Å²) in [6, 6.07) is 0. The summed E-state index contributed by atoms with van der Waals surface area (Å²) in [5.41, 5.74) is 0. The van der Waals surface area contributed by atoms with Gasteiger partial charge in [-0.1, -0.05) is 53.4 Å². The lowest BCUT2D eigenvalue weighted by Gasteiger charge is -2.24. The van der Waals surface area contributed by atoms with E-state index in [1.54, 1.807) is 7.11 Å². The molecule has 2 unspecified atom stereocenters. The van der Waals surface area contributed by atoms with E-state index in [9.17, 15) is 0 Å². The molecule has 0 aliphatic heterocycles. The van der Waals surface area contributed by atoms with Crippen molar-refractivity contribution >= 4 is 0 Å². The van der Waals surface area contributed by atoms with Gasteiger partial charge in [-0.25, -0.2) is 0 Å². The summed E-state index contributed by atoms with van der Waals surface area (Å²) in [7, 11) is 1.77. The molecule has 0 spiro atoms. The molecule has 0 saturated heterocycles. The maximum absolute atomic E-state index is 5.10. The molecular formula is C17H37NO. The summed E-state index contributed by atoms with van der Waals surface area (Å²) >= 11 is 0. The molecule has 0 aliphatic carbocycles. The molecule has 0 heterocycles. The first-order valence-corrected chi connectivity index (χ1v) is 8.33. The highest BCUT2D eigenvalue weighted by molar-refractivity contribution is 4.70. The van der Waals surface area contributed by atoms with Crippen LogP contribution in [0, 0.1) is 17.8 Å². The van der Waals surface area contributed by atoms with Crippen LogP contribution in [-0.4, -0.2) is 26.8 Å². The molecule has 0 aromatic rings. The SMILES string of the molecule is CCCCC(CC)CC(CNCCOC)CC(C)C. The van der Waals surface area contributed by atoms with Gasteiger partial charge < -0.3 is 10.1 Å². The summed E-state index contributed by atoms with van der Waals surface area (Å²) in [6.45, 7) is 12.3. The molecule has 2 atom stereocenters. The van der Waals surface area contributed by atoms with Crippen LogP contribution in [0.5, 0.6) is 0 Å². The Morgan fingerprint density at radius 3 is 2.32 bits per heavy atom. The van der Waals surface area contributed by atoms with Gasteiger partial charge in [0.25, 0.3) is 0 Å². The Kier molecular flexibility index (Phi) is 12.9.